The molecule has 2 N–H and O–H groups in total. The van der Waals surface area contributed by atoms with Crippen LogP contribution in [0.25, 0.3) is 0 Å². The summed E-state index contributed by atoms with van der Waals surface area (Å²) in [6, 6.07) is 4.69. The molecule has 5 nitrogen and oxygen atoms in total. The number of nitrogens with one attached hydrogen (secondary N) is 1. The van der Waals surface area contributed by atoms with E-state index in [1.807, 2.05) is 0 Å². The van der Waals surface area contributed by atoms with Gasteiger partial charge in [-0.15, -0.1) is 4.24 Å². The summed E-state index contributed by atoms with van der Waals surface area (Å²) in [5.41, 5.74) is 0.0125. The Morgan fingerprint density at radius 2 is 1.69 bits per heavy atom. The third kappa shape index (κ3) is 5.87. The van der Waals surface area contributed by atoms with E-state index < -0.39 is 16.0 Å². The molecule has 1 rings (SSSR count). The van der Waals surface area contributed by atoms with Crippen LogP contribution in [0.5, 0.6) is 0 Å². The number of hydrogen-bond acceptors (Lipinski definition) is 3. The van der Waals surface area contributed by atoms with Crippen molar-refractivity contribution in [3.8, 4) is 0 Å². The summed E-state index contributed by atoms with van der Waals surface area (Å²) in [5, 5.41) is 8.54. The molecule has 0 amide bonds. The van der Waals surface area contributed by atoms with Gasteiger partial charge in [0.15, 0.2) is 0 Å². The number of benzene rings is 1. The standard InChI is InChI=1S/C7H6ClNO4S.2K.2H/c8-9-14(12,13)6-3-1-5(2-4-6)7(10)11;;;;/h1-4,9H,(H,10,11);;;;/q;2*+1;2*-1. The first-order chi connectivity index (χ1) is 6.47. The Morgan fingerprint density at radius 3 is 2.00 bits per heavy atom. The van der Waals surface area contributed by atoms with E-state index in [0.717, 1.165) is 12.1 Å². The third-order valence-corrected chi connectivity index (χ3v) is 3.22. The summed E-state index contributed by atoms with van der Waals surface area (Å²) < 4.78 is 23.8. The van der Waals surface area contributed by atoms with Crippen LogP contribution >= 0.6 is 11.8 Å². The second-order valence-corrected chi connectivity index (χ2v) is 4.51. The monoisotopic (exact) mass is 315 g/mol. The van der Waals surface area contributed by atoms with Crippen LogP contribution in [-0.4, -0.2) is 19.5 Å². The SMILES string of the molecule is O=C(O)c1ccc(S(=O)(=O)NCl)cc1.[H-].[H-].[K+].[K+]. The largest absolute Gasteiger partial charge is 1.00 e. The van der Waals surface area contributed by atoms with Crippen molar-refractivity contribution >= 4 is 27.8 Å². The van der Waals surface area contributed by atoms with Crippen molar-refractivity contribution in [2.45, 2.75) is 4.90 Å². The number of aromatic carboxylic acids is 1. The van der Waals surface area contributed by atoms with Gasteiger partial charge in [0.05, 0.1) is 10.5 Å². The predicted molar refractivity (Wildman–Crippen MR) is 51.8 cm³/mol. The van der Waals surface area contributed by atoms with Gasteiger partial charge in [0, 0.05) is 0 Å². The second-order valence-electron chi connectivity index (χ2n) is 2.41. The van der Waals surface area contributed by atoms with Gasteiger partial charge < -0.3 is 7.96 Å². The summed E-state index contributed by atoms with van der Waals surface area (Å²) in [7, 11) is -3.72. The first-order valence-corrected chi connectivity index (χ1v) is 5.29. The van der Waals surface area contributed by atoms with Gasteiger partial charge in [-0.2, -0.15) is 0 Å². The number of rotatable bonds is 3. The molecule has 0 radical (unpaired) electrons. The van der Waals surface area contributed by atoms with Gasteiger partial charge in [-0.3, -0.25) is 0 Å². The van der Waals surface area contributed by atoms with Gasteiger partial charge >= 0.3 is 109 Å². The Kier molecular flexibility index (Phi) is 11.7. The topological polar surface area (TPSA) is 83.5 Å². The Labute approximate surface area is 186 Å². The smallest absolute Gasteiger partial charge is 1.00 e. The van der Waals surface area contributed by atoms with Gasteiger partial charge in [0.2, 0.25) is 0 Å². The third-order valence-electron chi connectivity index (χ3n) is 1.51. The predicted octanol–water partition coefficient (Wildman–Crippen LogP) is -4.95. The maximum Gasteiger partial charge on any atom is 1.00 e. The van der Waals surface area contributed by atoms with Crippen molar-refractivity contribution in [1.82, 2.24) is 4.24 Å². The molecule has 0 fully saturated rings. The minimum atomic E-state index is -3.72. The van der Waals surface area contributed by atoms with Crippen molar-refractivity contribution < 1.29 is 124 Å². The van der Waals surface area contributed by atoms with E-state index in [-0.39, 0.29) is 116 Å². The number of hydrogen-bond donors (Lipinski definition) is 2. The van der Waals surface area contributed by atoms with Crippen LogP contribution < -0.4 is 107 Å². The van der Waals surface area contributed by atoms with E-state index in [9.17, 15) is 13.2 Å². The fraction of sp³-hybridized carbons (Fsp3) is 0. The van der Waals surface area contributed by atoms with Gasteiger partial charge in [0.1, 0.15) is 0 Å². The maximum atomic E-state index is 11.1. The van der Waals surface area contributed by atoms with E-state index in [0.29, 0.717) is 0 Å². The van der Waals surface area contributed by atoms with Gasteiger partial charge in [-0.05, 0) is 36.0 Å². The van der Waals surface area contributed by atoms with Crippen LogP contribution in [0.1, 0.15) is 13.2 Å². The number of carbonyl (C=O) groups is 1. The quantitative estimate of drug-likeness (QED) is 0.432. The first kappa shape index (κ1) is 20.5. The molecule has 0 unspecified atom stereocenters. The molecule has 0 aliphatic heterocycles. The molecule has 80 valence electrons. The average molecular weight is 316 g/mol. The van der Waals surface area contributed by atoms with E-state index in [1.54, 1.807) is 4.24 Å². The van der Waals surface area contributed by atoms with E-state index in [4.69, 9.17) is 16.9 Å². The summed E-state index contributed by atoms with van der Waals surface area (Å²) in [5.74, 6) is -1.12. The molecule has 0 bridgehead atoms. The van der Waals surface area contributed by atoms with Crippen LogP contribution in [0.2, 0.25) is 0 Å². The van der Waals surface area contributed by atoms with Crippen LogP contribution in [0.15, 0.2) is 29.2 Å². The molecule has 0 atom stereocenters. The van der Waals surface area contributed by atoms with Gasteiger partial charge in [-0.25, -0.2) is 13.2 Å². The maximum absolute atomic E-state index is 11.1. The minimum Gasteiger partial charge on any atom is -1.00 e. The Hall–Kier alpha value is 2.16. The van der Waals surface area contributed by atoms with Crippen LogP contribution in [0.3, 0.4) is 0 Å². The number of carboxylic acids is 1. The van der Waals surface area contributed by atoms with Crippen molar-refractivity contribution in [3.05, 3.63) is 29.8 Å². The van der Waals surface area contributed by atoms with Crippen molar-refractivity contribution in [2.75, 3.05) is 0 Å². The molecule has 9 heteroatoms. The fourth-order valence-electron chi connectivity index (χ4n) is 0.821. The zero-order chi connectivity index (χ0) is 10.8. The zero-order valence-electron chi connectivity index (χ0n) is 10.8. The van der Waals surface area contributed by atoms with E-state index >= 15 is 0 Å². The molecular weight excluding hydrogens is 308 g/mol. The normalized spacial score (nSPS) is 9.81. The van der Waals surface area contributed by atoms with E-state index in [2.05, 4.69) is 0 Å². The molecule has 0 spiro atoms. The number of carboxylic acid groups (broad SMARTS) is 1. The molecule has 0 heterocycles. The molecule has 0 aliphatic carbocycles. The van der Waals surface area contributed by atoms with Gasteiger partial charge in [0.25, 0.3) is 10.0 Å². The molecule has 0 aliphatic rings. The molecule has 0 aromatic heterocycles. The molecule has 16 heavy (non-hydrogen) atoms. The second kappa shape index (κ2) is 9.13. The van der Waals surface area contributed by atoms with Gasteiger partial charge in [-0.1, -0.05) is 0 Å². The molecule has 0 saturated heterocycles. The van der Waals surface area contributed by atoms with Crippen molar-refractivity contribution in [3.63, 3.8) is 0 Å². The van der Waals surface area contributed by atoms with Crippen molar-refractivity contribution in [1.29, 1.82) is 0 Å². The minimum absolute atomic E-state index is 0. The summed E-state index contributed by atoms with van der Waals surface area (Å²) in [6.07, 6.45) is 0. The Morgan fingerprint density at radius 1 is 1.25 bits per heavy atom. The summed E-state index contributed by atoms with van der Waals surface area (Å²) in [6.45, 7) is 0. The fourth-order valence-corrected chi connectivity index (χ4v) is 1.67. The molecule has 0 saturated carbocycles. The summed E-state index contributed by atoms with van der Waals surface area (Å²) >= 11 is 4.98. The summed E-state index contributed by atoms with van der Waals surface area (Å²) in [4.78, 5) is 10.4. The first-order valence-electron chi connectivity index (χ1n) is 3.43. The van der Waals surface area contributed by atoms with Crippen LogP contribution in [-0.2, 0) is 10.0 Å². The molecule has 1 aromatic rings. The number of halogens is 1. The number of sulfonamides is 1. The average Bonchev–Trinajstić information content (AvgIpc) is 2.18. The molecule has 1 aromatic carbocycles. The van der Waals surface area contributed by atoms with Crippen LogP contribution in [0.4, 0.5) is 0 Å². The van der Waals surface area contributed by atoms with E-state index in [1.165, 1.54) is 12.1 Å². The van der Waals surface area contributed by atoms with Crippen LogP contribution in [0, 0.1) is 0 Å². The molecular formula is C7H8ClK2NO4S. The Balaban J connectivity index is -0.000000245. The zero-order valence-corrected chi connectivity index (χ0v) is 16.6. The Bertz CT molecular complexity index is 457. The van der Waals surface area contributed by atoms with Crippen molar-refractivity contribution in [2.24, 2.45) is 0 Å².